The summed E-state index contributed by atoms with van der Waals surface area (Å²) in [4.78, 5) is 4.12. The molecule has 3 nitrogen and oxygen atoms in total. The molecule has 0 aliphatic carbocycles. The third-order valence-electron chi connectivity index (χ3n) is 2.21. The van der Waals surface area contributed by atoms with E-state index in [-0.39, 0.29) is 6.04 Å². The van der Waals surface area contributed by atoms with Crippen LogP contribution in [-0.4, -0.2) is 21.6 Å². The third kappa shape index (κ3) is 3.35. The molecule has 0 aliphatic heterocycles. The van der Waals surface area contributed by atoms with Gasteiger partial charge in [0, 0.05) is 18.8 Å². The summed E-state index contributed by atoms with van der Waals surface area (Å²) in [5.41, 5.74) is 6.96. The first-order valence-electron chi connectivity index (χ1n) is 5.00. The number of imidazole rings is 1. The molecule has 14 heavy (non-hydrogen) atoms. The fraction of sp³-hybridized carbons (Fsp3) is 0.700. The average Bonchev–Trinajstić information content (AvgIpc) is 2.60. The number of aromatic nitrogens is 2. The van der Waals surface area contributed by atoms with Crippen LogP contribution in [0.2, 0.25) is 0 Å². The molecule has 0 spiro atoms. The van der Waals surface area contributed by atoms with Crippen LogP contribution in [0.5, 0.6) is 0 Å². The van der Waals surface area contributed by atoms with Crippen molar-refractivity contribution < 1.29 is 0 Å². The third-order valence-corrected chi connectivity index (χ3v) is 2.91. The van der Waals surface area contributed by atoms with Crippen molar-refractivity contribution in [2.24, 2.45) is 5.73 Å². The SMILES string of the molecule is CSCCCCn1cncc1[C@@H](C)N. The maximum absolute atomic E-state index is 5.82. The minimum absolute atomic E-state index is 0.0815. The molecular weight excluding hydrogens is 194 g/mol. The van der Waals surface area contributed by atoms with Gasteiger partial charge in [-0.05, 0) is 31.8 Å². The Hall–Kier alpha value is -0.480. The maximum atomic E-state index is 5.82. The molecule has 1 rings (SSSR count). The smallest absolute Gasteiger partial charge is 0.0948 e. The van der Waals surface area contributed by atoms with Crippen molar-refractivity contribution in [3.63, 3.8) is 0 Å². The van der Waals surface area contributed by atoms with Gasteiger partial charge in [-0.15, -0.1) is 0 Å². The van der Waals surface area contributed by atoms with E-state index < -0.39 is 0 Å². The van der Waals surface area contributed by atoms with E-state index in [1.54, 1.807) is 0 Å². The standard InChI is InChI=1S/C10H19N3S/c1-9(11)10-7-12-8-13(10)5-3-4-6-14-2/h7-9H,3-6,11H2,1-2H3/t9-/m1/s1. The van der Waals surface area contributed by atoms with Crippen LogP contribution in [0.4, 0.5) is 0 Å². The number of nitrogens with two attached hydrogens (primary N) is 1. The van der Waals surface area contributed by atoms with E-state index in [0.29, 0.717) is 0 Å². The van der Waals surface area contributed by atoms with Gasteiger partial charge >= 0.3 is 0 Å². The van der Waals surface area contributed by atoms with E-state index in [4.69, 9.17) is 5.73 Å². The minimum atomic E-state index is 0.0815. The molecule has 0 bridgehead atoms. The fourth-order valence-corrected chi connectivity index (χ4v) is 1.92. The second-order valence-electron chi connectivity index (χ2n) is 3.50. The lowest BCUT2D eigenvalue weighted by Crippen LogP contribution is -2.11. The van der Waals surface area contributed by atoms with Crippen LogP contribution >= 0.6 is 11.8 Å². The molecule has 80 valence electrons. The van der Waals surface area contributed by atoms with Crippen LogP contribution < -0.4 is 5.73 Å². The van der Waals surface area contributed by atoms with Crippen LogP contribution in [-0.2, 0) is 6.54 Å². The van der Waals surface area contributed by atoms with E-state index in [0.717, 1.165) is 12.2 Å². The Kier molecular flexibility index (Phi) is 5.04. The lowest BCUT2D eigenvalue weighted by Gasteiger charge is -2.10. The Morgan fingerprint density at radius 3 is 3.00 bits per heavy atom. The molecule has 0 saturated carbocycles. The van der Waals surface area contributed by atoms with Crippen molar-refractivity contribution in [1.29, 1.82) is 0 Å². The van der Waals surface area contributed by atoms with Crippen molar-refractivity contribution in [3.05, 3.63) is 18.2 Å². The molecule has 0 amide bonds. The van der Waals surface area contributed by atoms with Crippen molar-refractivity contribution >= 4 is 11.8 Å². The summed E-state index contributed by atoms with van der Waals surface area (Å²) in [6.45, 7) is 3.03. The van der Waals surface area contributed by atoms with Gasteiger partial charge < -0.3 is 10.3 Å². The zero-order chi connectivity index (χ0) is 10.4. The van der Waals surface area contributed by atoms with Gasteiger partial charge in [0.25, 0.3) is 0 Å². The summed E-state index contributed by atoms with van der Waals surface area (Å²) in [6, 6.07) is 0.0815. The number of rotatable bonds is 6. The second-order valence-corrected chi connectivity index (χ2v) is 4.49. The van der Waals surface area contributed by atoms with Crippen LogP contribution in [0, 0.1) is 0 Å². The molecular formula is C10H19N3S. The molecule has 4 heteroatoms. The lowest BCUT2D eigenvalue weighted by molar-refractivity contribution is 0.588. The highest BCUT2D eigenvalue weighted by Gasteiger charge is 2.05. The number of nitrogens with zero attached hydrogens (tertiary/aromatic N) is 2. The average molecular weight is 213 g/mol. The van der Waals surface area contributed by atoms with Gasteiger partial charge in [-0.2, -0.15) is 11.8 Å². The van der Waals surface area contributed by atoms with Gasteiger partial charge in [-0.25, -0.2) is 4.98 Å². The largest absolute Gasteiger partial charge is 0.333 e. The summed E-state index contributed by atoms with van der Waals surface area (Å²) < 4.78 is 2.16. The first-order chi connectivity index (χ1) is 6.75. The van der Waals surface area contributed by atoms with Gasteiger partial charge in [0.15, 0.2) is 0 Å². The molecule has 1 heterocycles. The van der Waals surface area contributed by atoms with Crippen LogP contribution in [0.25, 0.3) is 0 Å². The van der Waals surface area contributed by atoms with Crippen molar-refractivity contribution in [2.75, 3.05) is 12.0 Å². The van der Waals surface area contributed by atoms with Gasteiger partial charge in [0.1, 0.15) is 0 Å². The quantitative estimate of drug-likeness (QED) is 0.735. The van der Waals surface area contributed by atoms with E-state index >= 15 is 0 Å². The second kappa shape index (κ2) is 6.09. The molecule has 0 aromatic carbocycles. The van der Waals surface area contributed by atoms with Crippen LogP contribution in [0.15, 0.2) is 12.5 Å². The molecule has 1 aromatic heterocycles. The molecule has 0 aliphatic rings. The number of hydrogen-bond acceptors (Lipinski definition) is 3. The van der Waals surface area contributed by atoms with Gasteiger partial charge in [-0.1, -0.05) is 0 Å². The fourth-order valence-electron chi connectivity index (χ4n) is 1.43. The topological polar surface area (TPSA) is 43.8 Å². The van der Waals surface area contributed by atoms with Crippen molar-refractivity contribution in [1.82, 2.24) is 9.55 Å². The van der Waals surface area contributed by atoms with Gasteiger partial charge in [0.05, 0.1) is 12.0 Å². The monoisotopic (exact) mass is 213 g/mol. The first kappa shape index (κ1) is 11.6. The van der Waals surface area contributed by atoms with Gasteiger partial charge in [-0.3, -0.25) is 0 Å². The minimum Gasteiger partial charge on any atom is -0.333 e. The number of unbranched alkanes of at least 4 members (excludes halogenated alkanes) is 1. The molecule has 0 fully saturated rings. The van der Waals surface area contributed by atoms with Crippen LogP contribution in [0.3, 0.4) is 0 Å². The Balaban J connectivity index is 2.38. The molecule has 0 unspecified atom stereocenters. The summed E-state index contributed by atoms with van der Waals surface area (Å²) in [5.74, 6) is 1.24. The Morgan fingerprint density at radius 1 is 1.57 bits per heavy atom. The summed E-state index contributed by atoms with van der Waals surface area (Å²) in [6.07, 6.45) is 8.34. The van der Waals surface area contributed by atoms with E-state index in [2.05, 4.69) is 15.8 Å². The van der Waals surface area contributed by atoms with Gasteiger partial charge in [0.2, 0.25) is 0 Å². The summed E-state index contributed by atoms with van der Waals surface area (Å²) in [5, 5.41) is 0. The highest BCUT2D eigenvalue weighted by molar-refractivity contribution is 7.98. The highest BCUT2D eigenvalue weighted by atomic mass is 32.2. The Morgan fingerprint density at radius 2 is 2.36 bits per heavy atom. The summed E-state index contributed by atoms with van der Waals surface area (Å²) >= 11 is 1.90. The zero-order valence-electron chi connectivity index (χ0n) is 8.94. The Labute approximate surface area is 90.1 Å². The van der Waals surface area contributed by atoms with E-state index in [1.165, 1.54) is 18.6 Å². The number of thioether (sulfide) groups is 1. The molecule has 1 atom stereocenters. The van der Waals surface area contributed by atoms with E-state index in [9.17, 15) is 0 Å². The van der Waals surface area contributed by atoms with E-state index in [1.807, 2.05) is 31.2 Å². The maximum Gasteiger partial charge on any atom is 0.0948 e. The lowest BCUT2D eigenvalue weighted by atomic mass is 10.2. The molecule has 0 radical (unpaired) electrons. The van der Waals surface area contributed by atoms with Crippen LogP contribution in [0.1, 0.15) is 31.5 Å². The van der Waals surface area contributed by atoms with Crippen molar-refractivity contribution in [3.8, 4) is 0 Å². The molecule has 0 saturated heterocycles. The zero-order valence-corrected chi connectivity index (χ0v) is 9.76. The summed E-state index contributed by atoms with van der Waals surface area (Å²) in [7, 11) is 0. The normalized spacial score (nSPS) is 13.1. The predicted octanol–water partition coefficient (Wildman–Crippen LogP) is 2.05. The Bertz CT molecular complexity index is 258. The number of hydrogen-bond donors (Lipinski definition) is 1. The predicted molar refractivity (Wildman–Crippen MR) is 62.4 cm³/mol. The van der Waals surface area contributed by atoms with Crippen molar-refractivity contribution in [2.45, 2.75) is 32.4 Å². The molecule has 2 N–H and O–H groups in total. The molecule has 1 aromatic rings. The highest BCUT2D eigenvalue weighted by Crippen LogP contribution is 2.10. The number of aryl methyl sites for hydroxylation is 1. The first-order valence-corrected chi connectivity index (χ1v) is 6.39.